The van der Waals surface area contributed by atoms with Gasteiger partial charge in [0.2, 0.25) is 5.91 Å². The number of nitrogens with zero attached hydrogens (tertiary/aromatic N) is 1. The molecule has 1 amide bonds. The van der Waals surface area contributed by atoms with E-state index < -0.39 is 0 Å². The Morgan fingerprint density at radius 1 is 1.32 bits per heavy atom. The lowest BCUT2D eigenvalue weighted by atomic mass is 9.86. The molecule has 1 aromatic rings. The fourth-order valence-corrected chi connectivity index (χ4v) is 3.68. The molecule has 1 heterocycles. The predicted octanol–water partition coefficient (Wildman–Crippen LogP) is 2.35. The van der Waals surface area contributed by atoms with E-state index >= 15 is 0 Å². The summed E-state index contributed by atoms with van der Waals surface area (Å²) < 4.78 is 6.38. The first kappa shape index (κ1) is 19.8. The first-order chi connectivity index (χ1) is 11.7. The molecule has 0 bridgehead atoms. The van der Waals surface area contributed by atoms with Crippen LogP contribution in [0.2, 0.25) is 0 Å². The molecule has 138 valence electrons. The molecular formula is C18H27IN4O2. The molecule has 25 heavy (non-hydrogen) atoms. The van der Waals surface area contributed by atoms with Crippen LogP contribution < -0.4 is 20.7 Å². The Morgan fingerprint density at radius 3 is 2.72 bits per heavy atom. The number of fused-ring (bicyclic) bond motifs is 1. The van der Waals surface area contributed by atoms with Gasteiger partial charge in [0.1, 0.15) is 11.4 Å². The molecule has 0 aromatic heterocycles. The maximum atomic E-state index is 11.5. The molecule has 0 saturated heterocycles. The van der Waals surface area contributed by atoms with Gasteiger partial charge in [-0.15, -0.1) is 24.0 Å². The van der Waals surface area contributed by atoms with Crippen molar-refractivity contribution in [1.82, 2.24) is 16.0 Å². The lowest BCUT2D eigenvalue weighted by Gasteiger charge is -2.40. The standard InChI is InChI=1S/C18H26N4O2.HI/c1-19-16(23)12-21-17(20-2)22-14-11-18(9-5-6-10-18)24-15-8-4-3-7-13(14)15;/h3-4,7-8,14H,5-6,9-12H2,1-2H3,(H,19,23)(H2,20,21,22);1H. The third-order valence-corrected chi connectivity index (χ3v) is 4.94. The van der Waals surface area contributed by atoms with Gasteiger partial charge in [-0.25, -0.2) is 0 Å². The highest BCUT2D eigenvalue weighted by molar-refractivity contribution is 14.0. The molecule has 1 atom stereocenters. The number of benzene rings is 1. The van der Waals surface area contributed by atoms with Crippen LogP contribution >= 0.6 is 24.0 Å². The quantitative estimate of drug-likeness (QED) is 0.370. The summed E-state index contributed by atoms with van der Waals surface area (Å²) in [6, 6.07) is 8.32. The van der Waals surface area contributed by atoms with Crippen molar-refractivity contribution in [3.8, 4) is 5.75 Å². The fraction of sp³-hybridized carbons (Fsp3) is 0.556. The summed E-state index contributed by atoms with van der Waals surface area (Å²) in [4.78, 5) is 15.7. The second-order valence-corrected chi connectivity index (χ2v) is 6.53. The van der Waals surface area contributed by atoms with E-state index in [9.17, 15) is 4.79 Å². The SMILES string of the molecule is CN=C(NCC(=O)NC)NC1CC2(CCCC2)Oc2ccccc21.I. The zero-order valence-electron chi connectivity index (χ0n) is 14.8. The third-order valence-electron chi connectivity index (χ3n) is 4.94. The van der Waals surface area contributed by atoms with Crippen molar-refractivity contribution in [3.63, 3.8) is 0 Å². The molecule has 0 radical (unpaired) electrons. The van der Waals surface area contributed by atoms with Crippen molar-refractivity contribution in [1.29, 1.82) is 0 Å². The minimum absolute atomic E-state index is 0. The molecule has 6 nitrogen and oxygen atoms in total. The van der Waals surface area contributed by atoms with E-state index in [1.54, 1.807) is 14.1 Å². The Balaban J connectivity index is 0.00000225. The average Bonchev–Trinajstić information content (AvgIpc) is 3.05. The van der Waals surface area contributed by atoms with E-state index in [1.165, 1.54) is 12.8 Å². The monoisotopic (exact) mass is 458 g/mol. The predicted molar refractivity (Wildman–Crippen MR) is 110 cm³/mol. The van der Waals surface area contributed by atoms with Gasteiger partial charge < -0.3 is 20.7 Å². The van der Waals surface area contributed by atoms with Crippen LogP contribution in [0.1, 0.15) is 43.7 Å². The van der Waals surface area contributed by atoms with Crippen molar-refractivity contribution in [2.24, 2.45) is 4.99 Å². The van der Waals surface area contributed by atoms with Crippen LogP contribution in [0.15, 0.2) is 29.3 Å². The number of nitrogens with one attached hydrogen (secondary N) is 3. The van der Waals surface area contributed by atoms with E-state index in [2.05, 4.69) is 27.0 Å². The number of carbonyl (C=O) groups excluding carboxylic acids is 1. The van der Waals surface area contributed by atoms with E-state index in [0.717, 1.165) is 30.6 Å². The van der Waals surface area contributed by atoms with Gasteiger partial charge in [0, 0.05) is 26.1 Å². The van der Waals surface area contributed by atoms with Gasteiger partial charge in [-0.2, -0.15) is 0 Å². The van der Waals surface area contributed by atoms with Crippen molar-refractivity contribution in [2.75, 3.05) is 20.6 Å². The molecule has 2 aliphatic rings. The number of amides is 1. The highest BCUT2D eigenvalue weighted by Crippen LogP contribution is 2.46. The Bertz CT molecular complexity index is 629. The number of carbonyl (C=O) groups is 1. The molecule has 3 rings (SSSR count). The van der Waals surface area contributed by atoms with Crippen LogP contribution in [0.25, 0.3) is 0 Å². The number of hydrogen-bond acceptors (Lipinski definition) is 3. The molecular weight excluding hydrogens is 431 g/mol. The van der Waals surface area contributed by atoms with Gasteiger partial charge >= 0.3 is 0 Å². The Morgan fingerprint density at radius 2 is 2.04 bits per heavy atom. The maximum Gasteiger partial charge on any atom is 0.239 e. The second kappa shape index (κ2) is 8.73. The van der Waals surface area contributed by atoms with Gasteiger partial charge in [-0.05, 0) is 31.7 Å². The van der Waals surface area contributed by atoms with Crippen molar-refractivity contribution in [2.45, 2.75) is 43.7 Å². The molecule has 1 aliphatic carbocycles. The summed E-state index contributed by atoms with van der Waals surface area (Å²) >= 11 is 0. The number of guanidine groups is 1. The first-order valence-electron chi connectivity index (χ1n) is 8.61. The zero-order chi connectivity index (χ0) is 17.0. The minimum Gasteiger partial charge on any atom is -0.487 e. The summed E-state index contributed by atoms with van der Waals surface area (Å²) in [5, 5.41) is 9.13. The van der Waals surface area contributed by atoms with Crippen LogP contribution in [-0.4, -0.2) is 38.1 Å². The molecule has 1 aliphatic heterocycles. The van der Waals surface area contributed by atoms with Crippen LogP contribution in [0.5, 0.6) is 5.75 Å². The number of ether oxygens (including phenoxy) is 1. The number of para-hydroxylation sites is 1. The largest absolute Gasteiger partial charge is 0.487 e. The summed E-state index contributed by atoms with van der Waals surface area (Å²) in [6.45, 7) is 0.201. The topological polar surface area (TPSA) is 74.8 Å². The van der Waals surface area contributed by atoms with Crippen molar-refractivity contribution in [3.05, 3.63) is 29.8 Å². The second-order valence-electron chi connectivity index (χ2n) is 6.53. The number of rotatable bonds is 3. The van der Waals surface area contributed by atoms with E-state index in [0.29, 0.717) is 5.96 Å². The minimum atomic E-state index is -0.0717. The molecule has 1 fully saturated rings. The van der Waals surface area contributed by atoms with Gasteiger partial charge in [-0.1, -0.05) is 18.2 Å². The van der Waals surface area contributed by atoms with E-state index in [1.807, 2.05) is 18.2 Å². The van der Waals surface area contributed by atoms with Crippen LogP contribution in [0.4, 0.5) is 0 Å². The van der Waals surface area contributed by atoms with Gasteiger partial charge in [0.05, 0.1) is 12.6 Å². The zero-order valence-corrected chi connectivity index (χ0v) is 17.1. The highest BCUT2D eigenvalue weighted by Gasteiger charge is 2.43. The smallest absolute Gasteiger partial charge is 0.239 e. The number of halogens is 1. The number of hydrogen-bond donors (Lipinski definition) is 3. The molecule has 1 aromatic carbocycles. The van der Waals surface area contributed by atoms with Gasteiger partial charge in [-0.3, -0.25) is 9.79 Å². The van der Waals surface area contributed by atoms with Crippen LogP contribution in [0.3, 0.4) is 0 Å². The average molecular weight is 458 g/mol. The van der Waals surface area contributed by atoms with Crippen LogP contribution in [0, 0.1) is 0 Å². The maximum absolute atomic E-state index is 11.5. The van der Waals surface area contributed by atoms with Crippen LogP contribution in [-0.2, 0) is 4.79 Å². The lowest BCUT2D eigenvalue weighted by Crippen LogP contribution is -2.48. The molecule has 1 spiro atoms. The molecule has 1 unspecified atom stereocenters. The molecule has 7 heteroatoms. The van der Waals surface area contributed by atoms with Crippen molar-refractivity contribution >= 4 is 35.8 Å². The van der Waals surface area contributed by atoms with E-state index in [-0.39, 0.29) is 48.1 Å². The van der Waals surface area contributed by atoms with Gasteiger partial charge in [0.25, 0.3) is 0 Å². The van der Waals surface area contributed by atoms with Gasteiger partial charge in [0.15, 0.2) is 5.96 Å². The summed E-state index contributed by atoms with van der Waals surface area (Å²) in [7, 11) is 3.34. The summed E-state index contributed by atoms with van der Waals surface area (Å²) in [6.07, 6.45) is 5.56. The third kappa shape index (κ3) is 4.56. The normalized spacial score (nSPS) is 20.9. The summed E-state index contributed by atoms with van der Waals surface area (Å²) in [5.74, 6) is 1.52. The molecule has 3 N–H and O–H groups in total. The number of likely N-dealkylation sites (N-methyl/N-ethyl adjacent to an activating group) is 1. The Kier molecular flexibility index (Phi) is 6.92. The lowest BCUT2D eigenvalue weighted by molar-refractivity contribution is -0.119. The van der Waals surface area contributed by atoms with Crippen molar-refractivity contribution < 1.29 is 9.53 Å². The Labute approximate surface area is 166 Å². The Hall–Kier alpha value is -1.51. The van der Waals surface area contributed by atoms with E-state index in [4.69, 9.17) is 4.74 Å². The highest BCUT2D eigenvalue weighted by atomic mass is 127. The fourth-order valence-electron chi connectivity index (χ4n) is 3.68. The molecule has 1 saturated carbocycles. The summed E-state index contributed by atoms with van der Waals surface area (Å²) in [5.41, 5.74) is 1.09. The first-order valence-corrected chi connectivity index (χ1v) is 8.61. The number of aliphatic imine (C=N–C) groups is 1.